The quantitative estimate of drug-likeness (QED) is 0.593. The van der Waals surface area contributed by atoms with E-state index in [2.05, 4.69) is 36.3 Å². The highest BCUT2D eigenvalue weighted by Crippen LogP contribution is 2.33. The van der Waals surface area contributed by atoms with E-state index in [9.17, 15) is 18.0 Å². The van der Waals surface area contributed by atoms with Gasteiger partial charge >= 0.3 is 6.18 Å². The zero-order chi connectivity index (χ0) is 22.1. The molecule has 1 aromatic heterocycles. The molecule has 0 aliphatic heterocycles. The highest BCUT2D eigenvalue weighted by atomic mass is 35.5. The summed E-state index contributed by atoms with van der Waals surface area (Å²) >= 11 is 5.97. The Morgan fingerprint density at radius 3 is 2.50 bits per heavy atom. The van der Waals surface area contributed by atoms with E-state index in [1.807, 2.05) is 0 Å². The van der Waals surface area contributed by atoms with Crippen molar-refractivity contribution in [2.45, 2.75) is 71.0 Å². The van der Waals surface area contributed by atoms with E-state index in [1.54, 1.807) is 0 Å². The summed E-state index contributed by atoms with van der Waals surface area (Å²) in [7, 11) is 0. The standard InChI is InChI=1S/C22H27ClF3N3O/c1-12(2)20-13(3)19(28-29-20)10-14-4-7-16(8-5-14)27-21(30)17-11-15(22(24,25)26)6-9-18(17)23/h6,9,11-12,14,16H,4-5,7-8,10H2,1-3H3,(H,27,30)(H,28,29)/t14-,16-. The van der Waals surface area contributed by atoms with Gasteiger partial charge < -0.3 is 5.32 Å². The van der Waals surface area contributed by atoms with Crippen LogP contribution in [-0.2, 0) is 12.6 Å². The molecule has 1 heterocycles. The van der Waals surface area contributed by atoms with E-state index in [0.29, 0.717) is 11.8 Å². The van der Waals surface area contributed by atoms with Crippen molar-refractivity contribution in [2.75, 3.05) is 0 Å². The molecule has 1 aromatic carbocycles. The molecule has 30 heavy (non-hydrogen) atoms. The second-order valence-corrected chi connectivity index (χ2v) is 8.86. The average Bonchev–Trinajstić information content (AvgIpc) is 3.03. The first kappa shape index (κ1) is 22.7. The molecule has 4 nitrogen and oxygen atoms in total. The predicted molar refractivity (Wildman–Crippen MR) is 111 cm³/mol. The number of alkyl halides is 3. The lowest BCUT2D eigenvalue weighted by Gasteiger charge is -2.29. The number of hydrogen-bond acceptors (Lipinski definition) is 2. The summed E-state index contributed by atoms with van der Waals surface area (Å²) in [6, 6.07) is 2.75. The number of halogens is 4. The maximum Gasteiger partial charge on any atom is 0.416 e. The summed E-state index contributed by atoms with van der Waals surface area (Å²) in [4.78, 5) is 12.5. The lowest BCUT2D eigenvalue weighted by Crippen LogP contribution is -2.38. The number of benzene rings is 1. The third-order valence-corrected chi connectivity index (χ3v) is 6.26. The SMILES string of the molecule is Cc1c(C[C@H]2CC[C@H](NC(=O)c3cc(C(F)(F)F)ccc3Cl)CC2)n[nH]c1C(C)C. The molecule has 164 valence electrons. The minimum atomic E-state index is -4.52. The number of amides is 1. The molecule has 0 radical (unpaired) electrons. The summed E-state index contributed by atoms with van der Waals surface area (Å²) in [5, 5.41) is 10.5. The van der Waals surface area contributed by atoms with Gasteiger partial charge in [0.25, 0.3) is 5.91 Å². The fourth-order valence-electron chi connectivity index (χ4n) is 4.13. The second-order valence-electron chi connectivity index (χ2n) is 8.45. The highest BCUT2D eigenvalue weighted by molar-refractivity contribution is 6.33. The van der Waals surface area contributed by atoms with Gasteiger partial charge in [0.2, 0.25) is 0 Å². The molecule has 3 rings (SSSR count). The molecule has 0 atom stereocenters. The summed E-state index contributed by atoms with van der Waals surface area (Å²) in [5.74, 6) is 0.330. The maximum atomic E-state index is 12.9. The van der Waals surface area contributed by atoms with E-state index in [0.717, 1.165) is 56.0 Å². The Morgan fingerprint density at radius 2 is 1.93 bits per heavy atom. The van der Waals surface area contributed by atoms with Crippen molar-refractivity contribution < 1.29 is 18.0 Å². The van der Waals surface area contributed by atoms with Crippen LogP contribution >= 0.6 is 11.6 Å². The van der Waals surface area contributed by atoms with Crippen LogP contribution in [-0.4, -0.2) is 22.1 Å². The number of nitrogens with zero attached hydrogens (tertiary/aromatic N) is 1. The van der Waals surface area contributed by atoms with E-state index >= 15 is 0 Å². The van der Waals surface area contributed by atoms with Crippen LogP contribution in [0.15, 0.2) is 18.2 Å². The predicted octanol–water partition coefficient (Wildman–Crippen LogP) is 6.05. The molecule has 0 bridgehead atoms. The largest absolute Gasteiger partial charge is 0.416 e. The van der Waals surface area contributed by atoms with Crippen LogP contribution in [0.4, 0.5) is 13.2 Å². The minimum absolute atomic E-state index is 0.0177. The van der Waals surface area contributed by atoms with Crippen molar-refractivity contribution in [1.29, 1.82) is 0 Å². The number of aromatic amines is 1. The van der Waals surface area contributed by atoms with Crippen molar-refractivity contribution in [3.8, 4) is 0 Å². The molecule has 1 aliphatic rings. The zero-order valence-corrected chi connectivity index (χ0v) is 18.1. The van der Waals surface area contributed by atoms with Gasteiger partial charge in [-0.15, -0.1) is 0 Å². The first-order valence-electron chi connectivity index (χ1n) is 10.3. The van der Waals surface area contributed by atoms with Gasteiger partial charge in [0, 0.05) is 11.7 Å². The van der Waals surface area contributed by atoms with Gasteiger partial charge in [0.15, 0.2) is 0 Å². The van der Waals surface area contributed by atoms with Gasteiger partial charge in [0.05, 0.1) is 21.8 Å². The number of carbonyl (C=O) groups excluding carboxylic acids is 1. The fraction of sp³-hybridized carbons (Fsp3) is 0.545. The van der Waals surface area contributed by atoms with Crippen LogP contribution in [0.25, 0.3) is 0 Å². The first-order valence-corrected chi connectivity index (χ1v) is 10.7. The Hall–Kier alpha value is -2.02. The summed E-state index contributed by atoms with van der Waals surface area (Å²) in [5.41, 5.74) is 2.48. The monoisotopic (exact) mass is 441 g/mol. The van der Waals surface area contributed by atoms with Crippen molar-refractivity contribution in [1.82, 2.24) is 15.5 Å². The molecule has 8 heteroatoms. The molecular formula is C22H27ClF3N3O. The fourth-order valence-corrected chi connectivity index (χ4v) is 4.34. The molecule has 1 saturated carbocycles. The molecule has 0 saturated heterocycles. The topological polar surface area (TPSA) is 57.8 Å². The molecule has 0 unspecified atom stereocenters. The van der Waals surface area contributed by atoms with Gasteiger partial charge in [-0.2, -0.15) is 18.3 Å². The van der Waals surface area contributed by atoms with Gasteiger partial charge in [-0.1, -0.05) is 25.4 Å². The average molecular weight is 442 g/mol. The van der Waals surface area contributed by atoms with Crippen LogP contribution in [0.1, 0.15) is 78.3 Å². The second kappa shape index (κ2) is 9.00. The first-order chi connectivity index (χ1) is 14.1. The third kappa shape index (κ3) is 5.17. The third-order valence-electron chi connectivity index (χ3n) is 5.93. The number of nitrogens with one attached hydrogen (secondary N) is 2. The van der Waals surface area contributed by atoms with E-state index < -0.39 is 17.6 Å². The van der Waals surface area contributed by atoms with E-state index in [-0.39, 0.29) is 16.6 Å². The zero-order valence-electron chi connectivity index (χ0n) is 17.4. The van der Waals surface area contributed by atoms with Crippen molar-refractivity contribution >= 4 is 17.5 Å². The van der Waals surface area contributed by atoms with Crippen LogP contribution in [0, 0.1) is 12.8 Å². The van der Waals surface area contributed by atoms with E-state index in [4.69, 9.17) is 11.6 Å². The Morgan fingerprint density at radius 1 is 1.27 bits per heavy atom. The van der Waals surface area contributed by atoms with Crippen LogP contribution in [0.5, 0.6) is 0 Å². The normalized spacial score (nSPS) is 19.9. The smallest absolute Gasteiger partial charge is 0.349 e. The minimum Gasteiger partial charge on any atom is -0.349 e. The number of rotatable bonds is 5. The van der Waals surface area contributed by atoms with Crippen LogP contribution in [0.2, 0.25) is 5.02 Å². The number of aromatic nitrogens is 2. The number of hydrogen-bond donors (Lipinski definition) is 2. The highest BCUT2D eigenvalue weighted by Gasteiger charge is 2.32. The molecule has 1 fully saturated rings. The Bertz CT molecular complexity index is 900. The number of H-pyrrole nitrogens is 1. The lowest BCUT2D eigenvalue weighted by molar-refractivity contribution is -0.137. The van der Waals surface area contributed by atoms with Crippen LogP contribution in [0.3, 0.4) is 0 Å². The Kier molecular flexibility index (Phi) is 6.80. The van der Waals surface area contributed by atoms with E-state index in [1.165, 1.54) is 11.3 Å². The van der Waals surface area contributed by atoms with Crippen LogP contribution < -0.4 is 5.32 Å². The molecule has 1 aliphatic carbocycles. The van der Waals surface area contributed by atoms with Crippen molar-refractivity contribution in [2.24, 2.45) is 5.92 Å². The summed E-state index contributed by atoms with van der Waals surface area (Å²) in [6.45, 7) is 6.36. The van der Waals surface area contributed by atoms with Gasteiger partial charge in [0.1, 0.15) is 0 Å². The maximum absolute atomic E-state index is 12.9. The number of carbonyl (C=O) groups is 1. The summed E-state index contributed by atoms with van der Waals surface area (Å²) < 4.78 is 38.8. The molecule has 2 N–H and O–H groups in total. The Labute approximate surface area is 179 Å². The van der Waals surface area contributed by atoms with Gasteiger partial charge in [-0.25, -0.2) is 0 Å². The molecular weight excluding hydrogens is 415 g/mol. The molecule has 0 spiro atoms. The molecule has 2 aromatic rings. The van der Waals surface area contributed by atoms with Gasteiger partial charge in [-0.3, -0.25) is 9.89 Å². The lowest BCUT2D eigenvalue weighted by atomic mass is 9.82. The summed E-state index contributed by atoms with van der Waals surface area (Å²) in [6.07, 6.45) is -0.178. The van der Waals surface area contributed by atoms with Crippen molar-refractivity contribution in [3.05, 3.63) is 51.3 Å². The Balaban J connectivity index is 1.57. The van der Waals surface area contributed by atoms with Gasteiger partial charge in [-0.05, 0) is 74.6 Å². The molecule has 1 amide bonds. The van der Waals surface area contributed by atoms with Crippen molar-refractivity contribution in [3.63, 3.8) is 0 Å².